The summed E-state index contributed by atoms with van der Waals surface area (Å²) < 4.78 is 10.3. The van der Waals surface area contributed by atoms with E-state index in [-0.39, 0.29) is 6.61 Å². The molecule has 0 aliphatic rings. The molecule has 0 fully saturated rings. The number of rotatable bonds is 7. The highest BCUT2D eigenvalue weighted by Gasteiger charge is 2.28. The third-order valence-corrected chi connectivity index (χ3v) is 3.42. The van der Waals surface area contributed by atoms with Crippen LogP contribution in [0.3, 0.4) is 0 Å². The topological polar surface area (TPSA) is 68.1 Å². The minimum atomic E-state index is -1.12. The van der Waals surface area contributed by atoms with Gasteiger partial charge in [0.2, 0.25) is 0 Å². The first-order valence-corrected chi connectivity index (χ1v) is 7.14. The van der Waals surface area contributed by atoms with E-state index in [9.17, 15) is 9.90 Å². The van der Waals surface area contributed by atoms with Crippen molar-refractivity contribution in [2.45, 2.75) is 18.8 Å². The van der Waals surface area contributed by atoms with Gasteiger partial charge in [-0.25, -0.2) is 4.79 Å². The standard InChI is InChI=1S/C18H19NO4/c1-19-16(17(20)14-8-10-15(22-2)11-9-14)18(21)23-12-13-6-4-3-5-7-13/h3-11,16-17,20H,1,12H2,2H3/t16-,17+/m0/s1. The Morgan fingerprint density at radius 3 is 2.39 bits per heavy atom. The summed E-state index contributed by atoms with van der Waals surface area (Å²) in [6.07, 6.45) is -1.12. The van der Waals surface area contributed by atoms with Crippen LogP contribution in [0.1, 0.15) is 17.2 Å². The Labute approximate surface area is 135 Å². The van der Waals surface area contributed by atoms with Crippen molar-refractivity contribution in [1.29, 1.82) is 0 Å². The van der Waals surface area contributed by atoms with Crippen molar-refractivity contribution in [3.05, 3.63) is 65.7 Å². The van der Waals surface area contributed by atoms with Crippen molar-refractivity contribution in [2.75, 3.05) is 7.11 Å². The van der Waals surface area contributed by atoms with Crippen LogP contribution in [0, 0.1) is 0 Å². The van der Waals surface area contributed by atoms with Crippen LogP contribution >= 0.6 is 0 Å². The molecule has 120 valence electrons. The Balaban J connectivity index is 2.02. The van der Waals surface area contributed by atoms with Crippen molar-refractivity contribution >= 4 is 12.7 Å². The fraction of sp³-hybridized carbons (Fsp3) is 0.222. The summed E-state index contributed by atoms with van der Waals surface area (Å²) in [5.41, 5.74) is 1.41. The monoisotopic (exact) mass is 313 g/mol. The number of carbonyl (C=O) groups is 1. The van der Waals surface area contributed by atoms with E-state index in [1.54, 1.807) is 31.4 Å². The zero-order chi connectivity index (χ0) is 16.7. The molecule has 2 atom stereocenters. The van der Waals surface area contributed by atoms with Gasteiger partial charge in [0, 0.05) is 0 Å². The zero-order valence-corrected chi connectivity index (χ0v) is 12.9. The molecule has 0 aliphatic carbocycles. The average Bonchev–Trinajstić information content (AvgIpc) is 2.61. The number of aliphatic hydroxyl groups is 1. The summed E-state index contributed by atoms with van der Waals surface area (Å²) in [5.74, 6) is 0.0443. The van der Waals surface area contributed by atoms with Crippen LogP contribution in [0.2, 0.25) is 0 Å². The molecule has 1 N–H and O–H groups in total. The van der Waals surface area contributed by atoms with E-state index in [2.05, 4.69) is 11.7 Å². The maximum absolute atomic E-state index is 12.1. The van der Waals surface area contributed by atoms with E-state index in [0.29, 0.717) is 11.3 Å². The lowest BCUT2D eigenvalue weighted by Crippen LogP contribution is -2.28. The van der Waals surface area contributed by atoms with E-state index in [4.69, 9.17) is 9.47 Å². The third-order valence-electron chi connectivity index (χ3n) is 3.42. The Hall–Kier alpha value is -2.66. The van der Waals surface area contributed by atoms with Gasteiger partial charge in [-0.2, -0.15) is 0 Å². The number of esters is 1. The minimum absolute atomic E-state index is 0.126. The first-order chi connectivity index (χ1) is 11.2. The fourth-order valence-corrected chi connectivity index (χ4v) is 2.10. The fourth-order valence-electron chi connectivity index (χ4n) is 2.10. The van der Waals surface area contributed by atoms with Gasteiger partial charge in [-0.3, -0.25) is 4.99 Å². The molecule has 0 heterocycles. The molecule has 0 radical (unpaired) electrons. The van der Waals surface area contributed by atoms with Crippen LogP contribution in [0.4, 0.5) is 0 Å². The number of benzene rings is 2. The largest absolute Gasteiger partial charge is 0.497 e. The van der Waals surface area contributed by atoms with Crippen molar-refractivity contribution in [1.82, 2.24) is 0 Å². The lowest BCUT2D eigenvalue weighted by Gasteiger charge is -2.18. The number of ether oxygens (including phenoxy) is 2. The number of aliphatic imine (C=N–C) groups is 1. The second-order valence-corrected chi connectivity index (χ2v) is 4.94. The van der Waals surface area contributed by atoms with Crippen LogP contribution in [-0.4, -0.2) is 30.9 Å². The third kappa shape index (κ3) is 4.40. The van der Waals surface area contributed by atoms with Crippen molar-refractivity contribution in [3.8, 4) is 5.75 Å². The summed E-state index contributed by atoms with van der Waals surface area (Å²) in [6.45, 7) is 3.51. The van der Waals surface area contributed by atoms with E-state index < -0.39 is 18.1 Å². The number of carbonyl (C=O) groups excluding carboxylic acids is 1. The second kappa shape index (κ2) is 8.10. The van der Waals surface area contributed by atoms with Crippen LogP contribution < -0.4 is 4.74 Å². The van der Waals surface area contributed by atoms with Crippen molar-refractivity contribution in [3.63, 3.8) is 0 Å². The zero-order valence-electron chi connectivity index (χ0n) is 12.9. The molecule has 0 saturated carbocycles. The van der Waals surface area contributed by atoms with E-state index in [0.717, 1.165) is 5.56 Å². The van der Waals surface area contributed by atoms with Gasteiger partial charge in [-0.05, 0) is 30.0 Å². The van der Waals surface area contributed by atoms with Crippen molar-refractivity contribution in [2.24, 2.45) is 4.99 Å². The Bertz CT molecular complexity index is 640. The molecule has 0 bridgehead atoms. The highest BCUT2D eigenvalue weighted by Crippen LogP contribution is 2.23. The Morgan fingerprint density at radius 1 is 1.17 bits per heavy atom. The molecular formula is C18H19NO4. The lowest BCUT2D eigenvalue weighted by molar-refractivity contribution is -0.149. The first kappa shape index (κ1) is 16.7. The summed E-state index contributed by atoms with van der Waals surface area (Å²) in [7, 11) is 1.56. The van der Waals surface area contributed by atoms with Gasteiger partial charge in [0.25, 0.3) is 0 Å². The SMILES string of the molecule is C=N[C@H](C(=O)OCc1ccccc1)[C@H](O)c1ccc(OC)cc1. The molecule has 2 rings (SSSR count). The van der Waals surface area contributed by atoms with E-state index >= 15 is 0 Å². The van der Waals surface area contributed by atoms with Gasteiger partial charge in [-0.15, -0.1) is 0 Å². The summed E-state index contributed by atoms with van der Waals surface area (Å²) in [6, 6.07) is 15.0. The maximum atomic E-state index is 12.1. The molecule has 0 aromatic heterocycles. The molecule has 0 saturated heterocycles. The van der Waals surface area contributed by atoms with Gasteiger partial charge in [0.1, 0.15) is 18.5 Å². The molecule has 0 amide bonds. The normalized spacial score (nSPS) is 13.0. The number of nitrogens with zero attached hydrogens (tertiary/aromatic N) is 1. The minimum Gasteiger partial charge on any atom is -0.497 e. The average molecular weight is 313 g/mol. The predicted octanol–water partition coefficient (Wildman–Crippen LogP) is 2.54. The van der Waals surface area contributed by atoms with E-state index in [1.165, 1.54) is 0 Å². The van der Waals surface area contributed by atoms with Crippen LogP contribution in [0.5, 0.6) is 5.75 Å². The highest BCUT2D eigenvalue weighted by atomic mass is 16.5. The Kier molecular flexibility index (Phi) is 5.88. The molecule has 0 spiro atoms. The maximum Gasteiger partial charge on any atom is 0.334 e. The second-order valence-electron chi connectivity index (χ2n) is 4.94. The molecular weight excluding hydrogens is 294 g/mol. The number of hydrogen-bond donors (Lipinski definition) is 1. The van der Waals surface area contributed by atoms with Crippen LogP contribution in [0.25, 0.3) is 0 Å². The van der Waals surface area contributed by atoms with Gasteiger partial charge in [0.05, 0.1) is 7.11 Å². The molecule has 5 heteroatoms. The number of aliphatic hydroxyl groups excluding tert-OH is 1. The predicted molar refractivity (Wildman–Crippen MR) is 87.5 cm³/mol. The van der Waals surface area contributed by atoms with Crippen molar-refractivity contribution < 1.29 is 19.4 Å². The lowest BCUT2D eigenvalue weighted by atomic mass is 10.0. The smallest absolute Gasteiger partial charge is 0.334 e. The molecule has 5 nitrogen and oxygen atoms in total. The molecule has 0 unspecified atom stereocenters. The summed E-state index contributed by atoms with van der Waals surface area (Å²) >= 11 is 0. The highest BCUT2D eigenvalue weighted by molar-refractivity contribution is 5.77. The molecule has 2 aromatic rings. The quantitative estimate of drug-likeness (QED) is 0.630. The molecule has 2 aromatic carbocycles. The van der Waals surface area contributed by atoms with Gasteiger partial charge in [-0.1, -0.05) is 42.5 Å². The van der Waals surface area contributed by atoms with Crippen LogP contribution in [0.15, 0.2) is 59.6 Å². The van der Waals surface area contributed by atoms with Gasteiger partial charge in [0.15, 0.2) is 6.04 Å². The van der Waals surface area contributed by atoms with Crippen LogP contribution in [-0.2, 0) is 16.1 Å². The Morgan fingerprint density at radius 2 is 1.83 bits per heavy atom. The van der Waals surface area contributed by atoms with Gasteiger partial charge < -0.3 is 14.6 Å². The molecule has 23 heavy (non-hydrogen) atoms. The van der Waals surface area contributed by atoms with E-state index in [1.807, 2.05) is 30.3 Å². The number of methoxy groups -OCH3 is 1. The summed E-state index contributed by atoms with van der Waals surface area (Å²) in [5, 5.41) is 10.3. The molecule has 0 aliphatic heterocycles. The first-order valence-electron chi connectivity index (χ1n) is 7.14. The van der Waals surface area contributed by atoms with Gasteiger partial charge >= 0.3 is 5.97 Å². The summed E-state index contributed by atoms with van der Waals surface area (Å²) in [4.78, 5) is 15.9. The number of hydrogen-bond acceptors (Lipinski definition) is 5.